The van der Waals surface area contributed by atoms with Crippen LogP contribution in [0.5, 0.6) is 0 Å². The smallest absolute Gasteiger partial charge is 0.231 e. The minimum Gasteiger partial charge on any atom is -0.364 e. The van der Waals surface area contributed by atoms with Gasteiger partial charge in [0.1, 0.15) is 11.4 Å². The molecule has 13 heteroatoms. The molecule has 0 spiro atoms. The molecule has 0 fully saturated rings. The van der Waals surface area contributed by atoms with E-state index in [0.717, 1.165) is 11.1 Å². The average Bonchev–Trinajstić information content (AvgIpc) is 2.82. The second-order valence-electron chi connectivity index (χ2n) is 6.61. The first-order valence-corrected chi connectivity index (χ1v) is 12.1. The van der Waals surface area contributed by atoms with E-state index >= 15 is 0 Å². The van der Waals surface area contributed by atoms with Crippen LogP contribution in [0.25, 0.3) is 4.85 Å². The number of amides is 1. The standard InChI is InChI=1S/C21H23N5O6S2/c1-5-26(12-11-22-4)16-7-9-18(20(13-16)23-15(3)27)24-25-19-10-8-17(34(29,30)6-2)14-21(19)33-32-31-28/h6-10,13-14,28H,2,5,11-12H2,1,3H3,(H,23,27). The summed E-state index contributed by atoms with van der Waals surface area (Å²) in [6, 6.07) is 9.19. The fraction of sp³-hybridized carbons (Fsp3) is 0.238. The van der Waals surface area contributed by atoms with E-state index < -0.39 is 9.84 Å². The molecule has 11 nitrogen and oxygen atoms in total. The Morgan fingerprint density at radius 1 is 1.29 bits per heavy atom. The number of carbonyl (C=O) groups excluding carboxylic acids is 1. The molecule has 0 saturated heterocycles. The molecule has 0 aliphatic heterocycles. The zero-order valence-electron chi connectivity index (χ0n) is 18.5. The third-order valence-electron chi connectivity index (χ3n) is 4.42. The minimum atomic E-state index is -3.72. The van der Waals surface area contributed by atoms with Crippen molar-refractivity contribution in [2.24, 2.45) is 10.2 Å². The first-order chi connectivity index (χ1) is 16.2. The van der Waals surface area contributed by atoms with Crippen molar-refractivity contribution < 1.29 is 27.8 Å². The molecule has 0 heterocycles. The third-order valence-corrected chi connectivity index (χ3v) is 6.40. The van der Waals surface area contributed by atoms with Crippen molar-refractivity contribution >= 4 is 50.5 Å². The lowest BCUT2D eigenvalue weighted by atomic mass is 10.2. The van der Waals surface area contributed by atoms with Gasteiger partial charge in [-0.3, -0.25) is 4.79 Å². The monoisotopic (exact) mass is 505 g/mol. The second kappa shape index (κ2) is 12.8. The minimum absolute atomic E-state index is 0.0622. The molecule has 2 N–H and O–H groups in total. The van der Waals surface area contributed by atoms with E-state index in [-0.39, 0.29) is 21.4 Å². The molecule has 0 atom stereocenters. The lowest BCUT2D eigenvalue weighted by molar-refractivity contribution is -0.432. The zero-order valence-corrected chi connectivity index (χ0v) is 20.1. The molecule has 0 aliphatic rings. The molecular formula is C21H23N5O6S2. The number of carbonyl (C=O) groups is 1. The lowest BCUT2D eigenvalue weighted by Gasteiger charge is -2.21. The Balaban J connectivity index is 2.47. The maximum absolute atomic E-state index is 12.1. The number of hydrogen-bond donors (Lipinski definition) is 2. The Morgan fingerprint density at radius 3 is 2.62 bits per heavy atom. The van der Waals surface area contributed by atoms with Crippen LogP contribution in [0.2, 0.25) is 0 Å². The van der Waals surface area contributed by atoms with Crippen LogP contribution < -0.4 is 10.2 Å². The highest BCUT2D eigenvalue weighted by Crippen LogP contribution is 2.36. The van der Waals surface area contributed by atoms with E-state index in [0.29, 0.717) is 43.1 Å². The molecule has 34 heavy (non-hydrogen) atoms. The zero-order chi connectivity index (χ0) is 25.1. The van der Waals surface area contributed by atoms with Crippen LogP contribution in [-0.2, 0) is 24.0 Å². The van der Waals surface area contributed by atoms with Crippen LogP contribution in [0, 0.1) is 6.57 Å². The van der Waals surface area contributed by atoms with E-state index in [1.807, 2.05) is 11.8 Å². The summed E-state index contributed by atoms with van der Waals surface area (Å²) in [4.78, 5) is 17.2. The van der Waals surface area contributed by atoms with Gasteiger partial charge in [-0.2, -0.15) is 0 Å². The molecule has 180 valence electrons. The Kier molecular flexibility index (Phi) is 10.2. The maximum Gasteiger partial charge on any atom is 0.231 e. The SMILES string of the molecule is [C-]#[N+]CCN(CC)c1ccc(N=Nc2ccc(S(=O)(=O)C=C)cc2SOOO)c(NC(C)=O)c1. The summed E-state index contributed by atoms with van der Waals surface area (Å²) < 4.78 is 28.6. The fourth-order valence-corrected chi connectivity index (χ4v) is 4.09. The van der Waals surface area contributed by atoms with Gasteiger partial charge < -0.3 is 15.1 Å². The Hall–Kier alpha value is -3.28. The van der Waals surface area contributed by atoms with Gasteiger partial charge >= 0.3 is 0 Å². The van der Waals surface area contributed by atoms with Crippen LogP contribution in [0.3, 0.4) is 0 Å². The Bertz CT molecular complexity index is 1210. The molecule has 0 aliphatic carbocycles. The number of azo groups is 1. The second-order valence-corrected chi connectivity index (χ2v) is 9.25. The molecule has 0 bridgehead atoms. The van der Waals surface area contributed by atoms with Crippen LogP contribution in [0.15, 0.2) is 68.4 Å². The molecule has 2 aromatic rings. The summed E-state index contributed by atoms with van der Waals surface area (Å²) in [5, 5.41) is 24.0. The van der Waals surface area contributed by atoms with Crippen LogP contribution >= 0.6 is 12.0 Å². The average molecular weight is 506 g/mol. The van der Waals surface area contributed by atoms with E-state index in [1.54, 1.807) is 18.2 Å². The molecular weight excluding hydrogens is 482 g/mol. The van der Waals surface area contributed by atoms with Crippen LogP contribution in [0.1, 0.15) is 13.8 Å². The van der Waals surface area contributed by atoms with Crippen molar-refractivity contribution in [3.05, 3.63) is 59.8 Å². The van der Waals surface area contributed by atoms with Gasteiger partial charge in [0.25, 0.3) is 0 Å². The van der Waals surface area contributed by atoms with Gasteiger partial charge in [-0.25, -0.2) is 20.2 Å². The van der Waals surface area contributed by atoms with Gasteiger partial charge in [0.2, 0.25) is 12.5 Å². The van der Waals surface area contributed by atoms with Crippen molar-refractivity contribution in [1.82, 2.24) is 0 Å². The van der Waals surface area contributed by atoms with Gasteiger partial charge in [0, 0.05) is 24.6 Å². The van der Waals surface area contributed by atoms with E-state index in [4.69, 9.17) is 11.8 Å². The van der Waals surface area contributed by atoms with E-state index in [1.165, 1.54) is 25.1 Å². The predicted octanol–water partition coefficient (Wildman–Crippen LogP) is 5.15. The molecule has 2 aromatic carbocycles. The number of benzene rings is 2. The quantitative estimate of drug-likeness (QED) is 0.133. The Labute approximate surface area is 201 Å². The lowest BCUT2D eigenvalue weighted by Crippen LogP contribution is -2.25. The molecule has 0 aromatic heterocycles. The van der Waals surface area contributed by atoms with Gasteiger partial charge in [0.05, 0.1) is 34.1 Å². The first-order valence-electron chi connectivity index (χ1n) is 9.83. The number of hydrogen-bond acceptors (Lipinski definition) is 10. The van der Waals surface area contributed by atoms with E-state index in [9.17, 15) is 13.2 Å². The molecule has 0 unspecified atom stereocenters. The number of nitrogens with one attached hydrogen (secondary N) is 1. The number of nitrogens with zero attached hydrogens (tertiary/aromatic N) is 4. The van der Waals surface area contributed by atoms with Crippen LogP contribution in [0.4, 0.5) is 22.7 Å². The summed E-state index contributed by atoms with van der Waals surface area (Å²) >= 11 is 0.529. The summed E-state index contributed by atoms with van der Waals surface area (Å²) in [7, 11) is -3.72. The topological polar surface area (TPSA) is 134 Å². The molecule has 0 saturated carbocycles. The van der Waals surface area contributed by atoms with Crippen molar-refractivity contribution in [2.45, 2.75) is 23.6 Å². The number of anilines is 2. The summed E-state index contributed by atoms with van der Waals surface area (Å²) in [6.45, 7) is 15.2. The maximum atomic E-state index is 12.1. The van der Waals surface area contributed by atoms with Crippen molar-refractivity contribution in [3.63, 3.8) is 0 Å². The predicted molar refractivity (Wildman–Crippen MR) is 129 cm³/mol. The largest absolute Gasteiger partial charge is 0.364 e. The van der Waals surface area contributed by atoms with Crippen LogP contribution in [-0.4, -0.2) is 39.2 Å². The Morgan fingerprint density at radius 2 is 2.00 bits per heavy atom. The third kappa shape index (κ3) is 7.37. The number of rotatable bonds is 12. The summed E-state index contributed by atoms with van der Waals surface area (Å²) in [6.07, 6.45) is 0. The van der Waals surface area contributed by atoms with Gasteiger partial charge in [0.15, 0.2) is 9.84 Å². The number of sulfone groups is 1. The van der Waals surface area contributed by atoms with Gasteiger partial charge in [-0.15, -0.1) is 14.6 Å². The summed E-state index contributed by atoms with van der Waals surface area (Å²) in [5.41, 5.74) is 1.77. The number of likely N-dealkylation sites (N-methyl/N-ethyl adjacent to an activating group) is 1. The van der Waals surface area contributed by atoms with Crippen molar-refractivity contribution in [2.75, 3.05) is 29.9 Å². The fourth-order valence-electron chi connectivity index (χ4n) is 2.81. The van der Waals surface area contributed by atoms with Crippen molar-refractivity contribution in [3.8, 4) is 0 Å². The van der Waals surface area contributed by atoms with Gasteiger partial charge in [-0.1, -0.05) is 11.6 Å². The molecule has 0 radical (unpaired) electrons. The van der Waals surface area contributed by atoms with E-state index in [2.05, 4.69) is 36.3 Å². The highest BCUT2D eigenvalue weighted by atomic mass is 32.2. The molecule has 2 rings (SSSR count). The van der Waals surface area contributed by atoms with Crippen molar-refractivity contribution in [1.29, 1.82) is 0 Å². The first kappa shape index (κ1) is 27.0. The summed E-state index contributed by atoms with van der Waals surface area (Å²) in [5.74, 6) is -0.304. The highest BCUT2D eigenvalue weighted by molar-refractivity contribution is 7.95. The normalized spacial score (nSPS) is 11.2. The van der Waals surface area contributed by atoms with Gasteiger partial charge in [-0.05, 0) is 43.3 Å². The highest BCUT2D eigenvalue weighted by Gasteiger charge is 2.15. The molecule has 1 amide bonds.